The van der Waals surface area contributed by atoms with E-state index in [0.717, 1.165) is 23.4 Å². The van der Waals surface area contributed by atoms with Gasteiger partial charge in [-0.25, -0.2) is 4.98 Å². The Morgan fingerprint density at radius 3 is 2.70 bits per heavy atom. The van der Waals surface area contributed by atoms with Crippen molar-refractivity contribution in [1.29, 1.82) is 0 Å². The highest BCUT2D eigenvalue weighted by Crippen LogP contribution is 2.25. The lowest BCUT2D eigenvalue weighted by atomic mass is 10.1. The van der Waals surface area contributed by atoms with Crippen LogP contribution in [0.3, 0.4) is 0 Å². The maximum Gasteiger partial charge on any atom is 0.255 e. The number of rotatable bonds is 3. The average Bonchev–Trinajstić information content (AvgIpc) is 2.65. The van der Waals surface area contributed by atoms with E-state index in [-0.39, 0.29) is 5.56 Å². The van der Waals surface area contributed by atoms with E-state index in [4.69, 9.17) is 28.9 Å². The number of nitrogens with zero attached hydrogens (tertiary/aromatic N) is 2. The molecule has 0 amide bonds. The van der Waals surface area contributed by atoms with Crippen molar-refractivity contribution in [3.63, 3.8) is 0 Å². The van der Waals surface area contributed by atoms with Crippen molar-refractivity contribution in [3.8, 4) is 11.4 Å². The summed E-state index contributed by atoms with van der Waals surface area (Å²) in [5.41, 5.74) is 9.65. The predicted molar refractivity (Wildman–Crippen MR) is 109 cm³/mol. The second-order valence-corrected chi connectivity index (χ2v) is 7.50. The molecule has 0 radical (unpaired) electrons. The van der Waals surface area contributed by atoms with Gasteiger partial charge in [-0.2, -0.15) is 0 Å². The number of aromatic nitrogens is 2. The van der Waals surface area contributed by atoms with Crippen LogP contribution in [0.25, 0.3) is 11.4 Å². The van der Waals surface area contributed by atoms with Crippen LogP contribution in [0.15, 0.2) is 47.3 Å². The number of nitrogen functional groups attached to an aromatic ring is 1. The summed E-state index contributed by atoms with van der Waals surface area (Å²) >= 11 is 12.3. The fraction of sp³-hybridized carbons (Fsp3) is 0.200. The molecule has 0 bridgehead atoms. The second kappa shape index (κ2) is 7.35. The number of hydrogen-bond acceptors (Lipinski definition) is 4. The molecule has 0 aliphatic carbocycles. The van der Waals surface area contributed by atoms with Gasteiger partial charge in [-0.3, -0.25) is 9.69 Å². The van der Waals surface area contributed by atoms with Crippen LogP contribution in [0.1, 0.15) is 16.8 Å². The van der Waals surface area contributed by atoms with Crippen molar-refractivity contribution >= 4 is 28.9 Å². The molecule has 0 fully saturated rings. The molecule has 0 saturated heterocycles. The van der Waals surface area contributed by atoms with Gasteiger partial charge in [0, 0.05) is 47.4 Å². The van der Waals surface area contributed by atoms with Crippen molar-refractivity contribution in [3.05, 3.63) is 79.7 Å². The summed E-state index contributed by atoms with van der Waals surface area (Å²) < 4.78 is 0. The Hall–Kier alpha value is -2.34. The third-order valence-corrected chi connectivity index (χ3v) is 5.34. The van der Waals surface area contributed by atoms with Crippen molar-refractivity contribution in [2.75, 3.05) is 12.3 Å². The van der Waals surface area contributed by atoms with Gasteiger partial charge in [0.05, 0.1) is 11.3 Å². The summed E-state index contributed by atoms with van der Waals surface area (Å²) in [7, 11) is 0. The van der Waals surface area contributed by atoms with Crippen LogP contribution in [0.4, 0.5) is 5.69 Å². The molecule has 3 aromatic rings. The van der Waals surface area contributed by atoms with E-state index < -0.39 is 0 Å². The Labute approximate surface area is 166 Å². The number of H-pyrrole nitrogens is 1. The fourth-order valence-corrected chi connectivity index (χ4v) is 3.67. The first kappa shape index (κ1) is 18.0. The minimum atomic E-state index is -0.103. The largest absolute Gasteiger partial charge is 0.399 e. The maximum atomic E-state index is 12.6. The summed E-state index contributed by atoms with van der Waals surface area (Å²) in [6.07, 6.45) is 0.708. The van der Waals surface area contributed by atoms with Gasteiger partial charge in [0.25, 0.3) is 5.56 Å². The zero-order chi connectivity index (χ0) is 19.0. The molecule has 7 heteroatoms. The highest BCUT2D eigenvalue weighted by Gasteiger charge is 2.22. The van der Waals surface area contributed by atoms with Crippen molar-refractivity contribution < 1.29 is 0 Å². The topological polar surface area (TPSA) is 75.0 Å². The Bertz CT molecular complexity index is 1050. The number of nitrogens with two attached hydrogens (primary N) is 1. The Kier molecular flexibility index (Phi) is 4.91. The quantitative estimate of drug-likeness (QED) is 0.654. The van der Waals surface area contributed by atoms with Crippen LogP contribution in [-0.2, 0) is 19.5 Å². The van der Waals surface area contributed by atoms with E-state index in [1.807, 2.05) is 18.2 Å². The zero-order valence-corrected chi connectivity index (χ0v) is 16.0. The molecule has 4 rings (SSSR count). The second-order valence-electron chi connectivity index (χ2n) is 6.66. The molecular formula is C20H18Cl2N4O. The standard InChI is InChI=1S/C20H18Cl2N4O/c21-14-3-6-17(22)13(9-14)10-26-8-7-18-16(11-26)20(27)25-19(24-18)12-1-4-15(23)5-2-12/h1-6,9H,7-8,10-11,23H2,(H,24,25,27). The summed E-state index contributed by atoms with van der Waals surface area (Å²) in [5.74, 6) is 0.574. The SMILES string of the molecule is Nc1ccc(-c2nc3c(c(=O)[nH]2)CN(Cc2cc(Cl)ccc2Cl)CC3)cc1. The zero-order valence-electron chi connectivity index (χ0n) is 14.5. The third kappa shape index (κ3) is 3.86. The van der Waals surface area contributed by atoms with E-state index in [9.17, 15) is 4.79 Å². The monoisotopic (exact) mass is 400 g/mol. The number of hydrogen-bond donors (Lipinski definition) is 2. The Morgan fingerprint density at radius 2 is 1.93 bits per heavy atom. The predicted octanol–water partition coefficient (Wildman–Crippen LogP) is 3.88. The molecule has 2 heterocycles. The van der Waals surface area contributed by atoms with Gasteiger partial charge in [-0.05, 0) is 48.0 Å². The smallest absolute Gasteiger partial charge is 0.255 e. The van der Waals surface area contributed by atoms with Crippen LogP contribution in [0.2, 0.25) is 10.0 Å². The first-order valence-electron chi connectivity index (χ1n) is 8.64. The van der Waals surface area contributed by atoms with Gasteiger partial charge in [0.2, 0.25) is 0 Å². The van der Waals surface area contributed by atoms with Crippen LogP contribution in [-0.4, -0.2) is 21.4 Å². The lowest BCUT2D eigenvalue weighted by molar-refractivity contribution is 0.242. The van der Waals surface area contributed by atoms with Crippen molar-refractivity contribution in [1.82, 2.24) is 14.9 Å². The van der Waals surface area contributed by atoms with Crippen LogP contribution in [0, 0.1) is 0 Å². The number of anilines is 1. The lowest BCUT2D eigenvalue weighted by Gasteiger charge is -2.28. The molecule has 0 spiro atoms. The molecule has 0 atom stereocenters. The number of benzene rings is 2. The van der Waals surface area contributed by atoms with Crippen molar-refractivity contribution in [2.24, 2.45) is 0 Å². The number of halogens is 2. The number of nitrogens with one attached hydrogen (secondary N) is 1. The summed E-state index contributed by atoms with van der Waals surface area (Å²) in [6.45, 7) is 1.97. The van der Waals surface area contributed by atoms with E-state index in [2.05, 4.69) is 14.9 Å². The van der Waals surface area contributed by atoms with E-state index >= 15 is 0 Å². The number of fused-ring (bicyclic) bond motifs is 1. The molecule has 2 aromatic carbocycles. The highest BCUT2D eigenvalue weighted by molar-refractivity contribution is 6.33. The number of aromatic amines is 1. The molecule has 1 aliphatic rings. The Balaban J connectivity index is 1.59. The van der Waals surface area contributed by atoms with Gasteiger partial charge in [-0.15, -0.1) is 0 Å². The highest BCUT2D eigenvalue weighted by atomic mass is 35.5. The summed E-state index contributed by atoms with van der Waals surface area (Å²) in [6, 6.07) is 12.7. The first-order chi connectivity index (χ1) is 13.0. The molecule has 5 nitrogen and oxygen atoms in total. The molecule has 27 heavy (non-hydrogen) atoms. The van der Waals surface area contributed by atoms with Gasteiger partial charge in [0.1, 0.15) is 5.82 Å². The van der Waals surface area contributed by atoms with Gasteiger partial charge >= 0.3 is 0 Å². The average molecular weight is 401 g/mol. The van der Waals surface area contributed by atoms with Crippen LogP contribution < -0.4 is 11.3 Å². The first-order valence-corrected chi connectivity index (χ1v) is 9.39. The molecule has 1 aromatic heterocycles. The maximum absolute atomic E-state index is 12.6. The van der Waals surface area contributed by atoms with E-state index in [0.29, 0.717) is 46.6 Å². The summed E-state index contributed by atoms with van der Waals surface area (Å²) in [5, 5.41) is 1.33. The molecular weight excluding hydrogens is 383 g/mol. The summed E-state index contributed by atoms with van der Waals surface area (Å²) in [4.78, 5) is 22.4. The van der Waals surface area contributed by atoms with Gasteiger partial charge in [0.15, 0.2) is 0 Å². The van der Waals surface area contributed by atoms with Crippen LogP contribution in [0.5, 0.6) is 0 Å². The molecule has 138 valence electrons. The van der Waals surface area contributed by atoms with E-state index in [1.54, 1.807) is 24.3 Å². The normalized spacial score (nSPS) is 14.1. The molecule has 0 saturated carbocycles. The fourth-order valence-electron chi connectivity index (χ4n) is 3.30. The third-order valence-electron chi connectivity index (χ3n) is 4.73. The van der Waals surface area contributed by atoms with E-state index in [1.165, 1.54) is 0 Å². The minimum absolute atomic E-state index is 0.103. The molecule has 0 unspecified atom stereocenters. The minimum Gasteiger partial charge on any atom is -0.399 e. The van der Waals surface area contributed by atoms with Gasteiger partial charge in [-0.1, -0.05) is 23.2 Å². The lowest BCUT2D eigenvalue weighted by Crippen LogP contribution is -2.35. The Morgan fingerprint density at radius 1 is 1.15 bits per heavy atom. The van der Waals surface area contributed by atoms with Crippen molar-refractivity contribution in [2.45, 2.75) is 19.5 Å². The van der Waals surface area contributed by atoms with Crippen LogP contribution >= 0.6 is 23.2 Å². The molecule has 3 N–H and O–H groups in total. The van der Waals surface area contributed by atoms with Gasteiger partial charge < -0.3 is 10.7 Å². The molecule has 1 aliphatic heterocycles.